The van der Waals surface area contributed by atoms with Gasteiger partial charge in [0.25, 0.3) is 0 Å². The Morgan fingerprint density at radius 2 is 1.88 bits per heavy atom. The monoisotopic (exact) mass is 227 g/mol. The molecule has 1 aliphatic heterocycles. The molecular weight excluding hydrogens is 202 g/mol. The summed E-state index contributed by atoms with van der Waals surface area (Å²) in [6, 6.07) is 0. The Labute approximate surface area is 98.5 Å². The number of aliphatic hydroxyl groups excluding tert-OH is 1. The lowest BCUT2D eigenvalue weighted by Crippen LogP contribution is -2.42. The van der Waals surface area contributed by atoms with Gasteiger partial charge in [0.05, 0.1) is 11.7 Å². The molecular formula is C13H25NO2. The lowest BCUT2D eigenvalue weighted by molar-refractivity contribution is -0.00129. The topological polar surface area (TPSA) is 43.7 Å². The Bertz CT molecular complexity index is 240. The molecule has 94 valence electrons. The number of fused-ring (bicyclic) bond motifs is 1. The van der Waals surface area contributed by atoms with Crippen LogP contribution in [-0.2, 0) is 0 Å². The minimum Gasteiger partial charge on any atom is -0.393 e. The molecule has 1 saturated heterocycles. The Morgan fingerprint density at radius 3 is 2.44 bits per heavy atom. The van der Waals surface area contributed by atoms with Gasteiger partial charge in [0.1, 0.15) is 0 Å². The second kappa shape index (κ2) is 4.63. The van der Waals surface area contributed by atoms with Crippen molar-refractivity contribution in [3.8, 4) is 0 Å². The summed E-state index contributed by atoms with van der Waals surface area (Å²) < 4.78 is 0. The van der Waals surface area contributed by atoms with Crippen LogP contribution in [0.3, 0.4) is 0 Å². The van der Waals surface area contributed by atoms with Gasteiger partial charge in [-0.1, -0.05) is 13.8 Å². The SMILES string of the molecule is CCC(O)(CC)CN1CC2CCC(O)C2C1. The molecule has 0 bridgehead atoms. The summed E-state index contributed by atoms with van der Waals surface area (Å²) in [5.41, 5.74) is -0.524. The summed E-state index contributed by atoms with van der Waals surface area (Å²) in [6.45, 7) is 6.93. The van der Waals surface area contributed by atoms with E-state index in [1.807, 2.05) is 0 Å². The van der Waals surface area contributed by atoms with E-state index in [1.165, 1.54) is 6.42 Å². The Hall–Kier alpha value is -0.120. The molecule has 0 spiro atoms. The maximum Gasteiger partial charge on any atom is 0.0768 e. The summed E-state index contributed by atoms with van der Waals surface area (Å²) >= 11 is 0. The first kappa shape index (κ1) is 12.3. The average Bonchev–Trinajstić information content (AvgIpc) is 2.81. The lowest BCUT2D eigenvalue weighted by Gasteiger charge is -2.31. The fourth-order valence-corrected chi connectivity index (χ4v) is 3.35. The molecule has 3 heteroatoms. The first-order valence-corrected chi connectivity index (χ1v) is 6.71. The van der Waals surface area contributed by atoms with E-state index in [4.69, 9.17) is 0 Å². The molecule has 0 aromatic rings. The zero-order valence-electron chi connectivity index (χ0n) is 10.5. The molecule has 3 atom stereocenters. The fourth-order valence-electron chi connectivity index (χ4n) is 3.35. The molecule has 1 heterocycles. The second-order valence-corrected chi connectivity index (χ2v) is 5.69. The van der Waals surface area contributed by atoms with Crippen molar-refractivity contribution in [2.24, 2.45) is 11.8 Å². The molecule has 0 aromatic heterocycles. The van der Waals surface area contributed by atoms with Crippen molar-refractivity contribution in [2.75, 3.05) is 19.6 Å². The van der Waals surface area contributed by atoms with Crippen molar-refractivity contribution in [2.45, 2.75) is 51.2 Å². The third-order valence-electron chi connectivity index (χ3n) is 4.73. The van der Waals surface area contributed by atoms with Crippen LogP contribution in [0.15, 0.2) is 0 Å². The highest BCUT2D eigenvalue weighted by atomic mass is 16.3. The Balaban J connectivity index is 1.90. The van der Waals surface area contributed by atoms with E-state index in [2.05, 4.69) is 18.7 Å². The van der Waals surface area contributed by atoms with Crippen LogP contribution in [0, 0.1) is 11.8 Å². The summed E-state index contributed by atoms with van der Waals surface area (Å²) in [4.78, 5) is 2.35. The van der Waals surface area contributed by atoms with Gasteiger partial charge in [-0.3, -0.25) is 4.90 Å². The standard InChI is InChI=1S/C13H25NO2/c1-3-13(16,4-2)9-14-7-10-5-6-12(15)11(10)8-14/h10-12,15-16H,3-9H2,1-2H3. The zero-order chi connectivity index (χ0) is 11.8. The molecule has 3 unspecified atom stereocenters. The third kappa shape index (κ3) is 2.27. The number of nitrogens with zero attached hydrogens (tertiary/aromatic N) is 1. The number of β-amino-alcohol motifs (C(OH)–C–C–N with tert-alkyl or cyclic N) is 1. The normalized spacial score (nSPS) is 35.6. The lowest BCUT2D eigenvalue weighted by atomic mass is 9.97. The van der Waals surface area contributed by atoms with Gasteiger partial charge in [0, 0.05) is 25.6 Å². The van der Waals surface area contributed by atoms with Gasteiger partial charge in [-0.2, -0.15) is 0 Å². The second-order valence-electron chi connectivity index (χ2n) is 5.69. The Kier molecular flexibility index (Phi) is 3.57. The van der Waals surface area contributed by atoms with Crippen molar-refractivity contribution in [3.05, 3.63) is 0 Å². The van der Waals surface area contributed by atoms with E-state index in [0.717, 1.165) is 38.9 Å². The predicted octanol–water partition coefficient (Wildman–Crippen LogP) is 1.24. The van der Waals surface area contributed by atoms with Gasteiger partial charge < -0.3 is 10.2 Å². The van der Waals surface area contributed by atoms with E-state index in [1.54, 1.807) is 0 Å². The summed E-state index contributed by atoms with van der Waals surface area (Å²) in [6.07, 6.45) is 3.69. The molecule has 2 fully saturated rings. The van der Waals surface area contributed by atoms with Crippen LogP contribution < -0.4 is 0 Å². The van der Waals surface area contributed by atoms with Gasteiger partial charge in [0.15, 0.2) is 0 Å². The van der Waals surface area contributed by atoms with Crippen LogP contribution in [0.4, 0.5) is 0 Å². The van der Waals surface area contributed by atoms with Gasteiger partial charge >= 0.3 is 0 Å². The van der Waals surface area contributed by atoms with Crippen LogP contribution in [-0.4, -0.2) is 46.5 Å². The average molecular weight is 227 g/mol. The quantitative estimate of drug-likeness (QED) is 0.759. The van der Waals surface area contributed by atoms with Crippen LogP contribution in [0.5, 0.6) is 0 Å². The molecule has 3 nitrogen and oxygen atoms in total. The summed E-state index contributed by atoms with van der Waals surface area (Å²) in [5, 5.41) is 20.2. The number of rotatable bonds is 4. The van der Waals surface area contributed by atoms with Crippen LogP contribution in [0.1, 0.15) is 39.5 Å². The zero-order valence-corrected chi connectivity index (χ0v) is 10.5. The van der Waals surface area contributed by atoms with Crippen molar-refractivity contribution in [1.82, 2.24) is 4.90 Å². The number of likely N-dealkylation sites (tertiary alicyclic amines) is 1. The predicted molar refractivity (Wildman–Crippen MR) is 64.2 cm³/mol. The van der Waals surface area contributed by atoms with Crippen molar-refractivity contribution < 1.29 is 10.2 Å². The van der Waals surface area contributed by atoms with Crippen LogP contribution in [0.25, 0.3) is 0 Å². The van der Waals surface area contributed by atoms with Crippen molar-refractivity contribution in [1.29, 1.82) is 0 Å². The van der Waals surface area contributed by atoms with E-state index in [0.29, 0.717) is 11.8 Å². The molecule has 2 rings (SSSR count). The van der Waals surface area contributed by atoms with Crippen molar-refractivity contribution >= 4 is 0 Å². The minimum absolute atomic E-state index is 0.0913. The molecule has 0 aromatic carbocycles. The Morgan fingerprint density at radius 1 is 1.19 bits per heavy atom. The highest BCUT2D eigenvalue weighted by molar-refractivity contribution is 4.95. The number of hydrogen-bond donors (Lipinski definition) is 2. The van der Waals surface area contributed by atoms with Crippen molar-refractivity contribution in [3.63, 3.8) is 0 Å². The highest BCUT2D eigenvalue weighted by Gasteiger charge is 2.43. The van der Waals surface area contributed by atoms with E-state index >= 15 is 0 Å². The van der Waals surface area contributed by atoms with Crippen LogP contribution in [0.2, 0.25) is 0 Å². The van der Waals surface area contributed by atoms with Gasteiger partial charge in [-0.15, -0.1) is 0 Å². The highest BCUT2D eigenvalue weighted by Crippen LogP contribution is 2.38. The van der Waals surface area contributed by atoms with E-state index in [9.17, 15) is 10.2 Å². The molecule has 1 aliphatic carbocycles. The summed E-state index contributed by atoms with van der Waals surface area (Å²) in [7, 11) is 0. The maximum absolute atomic E-state index is 10.3. The number of hydrogen-bond acceptors (Lipinski definition) is 3. The first-order valence-electron chi connectivity index (χ1n) is 6.71. The molecule has 1 saturated carbocycles. The molecule has 0 radical (unpaired) electrons. The number of aliphatic hydroxyl groups is 2. The molecule has 2 aliphatic rings. The smallest absolute Gasteiger partial charge is 0.0768 e. The largest absolute Gasteiger partial charge is 0.393 e. The van der Waals surface area contributed by atoms with E-state index in [-0.39, 0.29) is 6.10 Å². The first-order chi connectivity index (χ1) is 7.58. The van der Waals surface area contributed by atoms with Gasteiger partial charge in [-0.05, 0) is 31.6 Å². The van der Waals surface area contributed by atoms with Crippen LogP contribution >= 0.6 is 0 Å². The third-order valence-corrected chi connectivity index (χ3v) is 4.73. The fraction of sp³-hybridized carbons (Fsp3) is 1.00. The van der Waals surface area contributed by atoms with Gasteiger partial charge in [0.2, 0.25) is 0 Å². The summed E-state index contributed by atoms with van der Waals surface area (Å²) in [5.74, 6) is 1.14. The molecule has 2 N–H and O–H groups in total. The van der Waals surface area contributed by atoms with E-state index < -0.39 is 5.60 Å². The maximum atomic E-state index is 10.3. The van der Waals surface area contributed by atoms with Gasteiger partial charge in [-0.25, -0.2) is 0 Å². The molecule has 16 heavy (non-hydrogen) atoms. The molecule has 0 amide bonds. The minimum atomic E-state index is -0.524.